The zero-order chi connectivity index (χ0) is 18.8. The summed E-state index contributed by atoms with van der Waals surface area (Å²) < 4.78 is 6.88. The van der Waals surface area contributed by atoms with Crippen molar-refractivity contribution in [1.82, 2.24) is 0 Å². The Labute approximate surface area is 161 Å². The van der Waals surface area contributed by atoms with Crippen LogP contribution in [0.4, 0.5) is 5.69 Å². The molecule has 0 bridgehead atoms. The quantitative estimate of drug-likeness (QED) is 0.517. The van der Waals surface area contributed by atoms with Crippen molar-refractivity contribution in [2.75, 3.05) is 5.73 Å². The molecule has 2 N–H and O–H groups in total. The number of halogens is 1. The monoisotopic (exact) mass is 381 g/mol. The van der Waals surface area contributed by atoms with Crippen molar-refractivity contribution in [3.05, 3.63) is 83.9 Å². The van der Waals surface area contributed by atoms with Gasteiger partial charge < -0.3 is 10.2 Å². The smallest absolute Gasteiger partial charge is 0.320 e. The minimum Gasteiger partial charge on any atom is -0.533 e. The summed E-state index contributed by atoms with van der Waals surface area (Å²) in [5.74, 6) is 0.645. The van der Waals surface area contributed by atoms with Crippen LogP contribution in [0.2, 0.25) is 10.1 Å². The number of rotatable bonds is 4. The van der Waals surface area contributed by atoms with Gasteiger partial charge in [0.25, 0.3) is 0 Å². The zero-order valence-corrected chi connectivity index (χ0v) is 17.1. The predicted octanol–water partition coefficient (Wildman–Crippen LogP) is 4.86. The van der Waals surface area contributed by atoms with Crippen molar-refractivity contribution in [2.24, 2.45) is 0 Å². The summed E-state index contributed by atoms with van der Waals surface area (Å²) in [4.78, 5) is 0. The van der Waals surface area contributed by atoms with Crippen molar-refractivity contribution in [1.29, 1.82) is 0 Å². The van der Waals surface area contributed by atoms with Crippen LogP contribution in [-0.2, 0) is 0 Å². The Hall–Kier alpha value is -2.23. The summed E-state index contributed by atoms with van der Waals surface area (Å²) in [6.07, 6.45) is 0. The molecule has 2 nitrogen and oxygen atoms in total. The van der Waals surface area contributed by atoms with E-state index in [1.165, 1.54) is 10.4 Å². The van der Waals surface area contributed by atoms with E-state index in [4.69, 9.17) is 21.8 Å². The molecule has 0 spiro atoms. The molecular weight excluding hydrogens is 358 g/mol. The first kappa shape index (κ1) is 18.6. The molecule has 0 saturated carbocycles. The fourth-order valence-corrected chi connectivity index (χ4v) is 8.01. The molecule has 0 amide bonds. The molecule has 3 aromatic rings. The van der Waals surface area contributed by atoms with Crippen LogP contribution in [0.5, 0.6) is 5.75 Å². The maximum absolute atomic E-state index is 6.88. The largest absolute Gasteiger partial charge is 0.533 e. The Balaban J connectivity index is 2.29. The normalized spacial score (nSPS) is 12.0. The maximum atomic E-state index is 6.88. The topological polar surface area (TPSA) is 35.2 Å². The van der Waals surface area contributed by atoms with Crippen LogP contribution in [0.3, 0.4) is 0 Å². The number of anilines is 1. The van der Waals surface area contributed by atoms with Gasteiger partial charge >= 0.3 is 8.32 Å². The van der Waals surface area contributed by atoms with Crippen molar-refractivity contribution < 1.29 is 4.43 Å². The molecule has 0 unspecified atom stereocenters. The van der Waals surface area contributed by atoms with Gasteiger partial charge in [0, 0.05) is 5.02 Å². The van der Waals surface area contributed by atoms with Gasteiger partial charge in [0.2, 0.25) is 0 Å². The lowest BCUT2D eigenvalue weighted by molar-refractivity contribution is 0.510. The number of benzene rings is 3. The average Bonchev–Trinajstić information content (AvgIpc) is 2.63. The molecule has 4 heteroatoms. The highest BCUT2D eigenvalue weighted by Crippen LogP contribution is 2.39. The van der Waals surface area contributed by atoms with Crippen molar-refractivity contribution in [3.8, 4) is 5.75 Å². The lowest BCUT2D eigenvalue weighted by atomic mass is 10.2. The fraction of sp³-hybridized carbons (Fsp3) is 0.182. The second-order valence-corrected chi connectivity index (χ2v) is 12.1. The van der Waals surface area contributed by atoms with Gasteiger partial charge in [0.1, 0.15) is 5.75 Å². The summed E-state index contributed by atoms with van der Waals surface area (Å²) >= 11 is 6.23. The second-order valence-electron chi connectivity index (χ2n) is 7.45. The third kappa shape index (κ3) is 3.37. The molecule has 0 fully saturated rings. The van der Waals surface area contributed by atoms with E-state index in [0.29, 0.717) is 16.5 Å². The molecule has 26 heavy (non-hydrogen) atoms. The molecule has 0 aliphatic carbocycles. The van der Waals surface area contributed by atoms with Gasteiger partial charge in [-0.1, -0.05) is 93.0 Å². The maximum Gasteiger partial charge on any atom is 0.320 e. The molecule has 3 rings (SSSR count). The Morgan fingerprint density at radius 2 is 1.31 bits per heavy atom. The Morgan fingerprint density at radius 3 is 1.77 bits per heavy atom. The van der Waals surface area contributed by atoms with E-state index in [2.05, 4.69) is 69.3 Å². The van der Waals surface area contributed by atoms with Gasteiger partial charge in [-0.2, -0.15) is 0 Å². The molecule has 134 valence electrons. The van der Waals surface area contributed by atoms with Crippen LogP contribution in [0.1, 0.15) is 20.8 Å². The Bertz CT molecular complexity index is 836. The van der Waals surface area contributed by atoms with Crippen LogP contribution in [0, 0.1) is 0 Å². The first-order chi connectivity index (χ1) is 12.3. The molecule has 0 aliphatic rings. The van der Waals surface area contributed by atoms with E-state index in [1.807, 2.05) is 18.2 Å². The molecule has 0 aromatic heterocycles. The molecule has 0 heterocycles. The van der Waals surface area contributed by atoms with Crippen LogP contribution in [0.15, 0.2) is 78.9 Å². The van der Waals surface area contributed by atoms with Crippen molar-refractivity contribution in [3.63, 3.8) is 0 Å². The van der Waals surface area contributed by atoms with E-state index in [0.717, 1.165) is 0 Å². The predicted molar refractivity (Wildman–Crippen MR) is 114 cm³/mol. The van der Waals surface area contributed by atoms with E-state index >= 15 is 0 Å². The minimum absolute atomic E-state index is 0.121. The van der Waals surface area contributed by atoms with Gasteiger partial charge in [0.05, 0.1) is 5.69 Å². The first-order valence-electron chi connectivity index (χ1n) is 8.70. The van der Waals surface area contributed by atoms with Crippen LogP contribution < -0.4 is 20.5 Å². The molecule has 0 aliphatic heterocycles. The van der Waals surface area contributed by atoms with E-state index < -0.39 is 8.32 Å². The Morgan fingerprint density at radius 1 is 0.808 bits per heavy atom. The van der Waals surface area contributed by atoms with Gasteiger partial charge in [-0.05, 0) is 33.6 Å². The number of hydrogen-bond acceptors (Lipinski definition) is 2. The van der Waals surface area contributed by atoms with Gasteiger partial charge in [0.15, 0.2) is 0 Å². The molecular formula is C22H24ClNOSi. The molecule has 0 saturated heterocycles. The number of hydrogen-bond donors (Lipinski definition) is 1. The molecule has 0 radical (unpaired) electrons. The van der Waals surface area contributed by atoms with E-state index in [9.17, 15) is 0 Å². The third-order valence-corrected chi connectivity index (χ3v) is 9.82. The van der Waals surface area contributed by atoms with Gasteiger partial charge in [-0.25, -0.2) is 0 Å². The lowest BCUT2D eigenvalue weighted by Gasteiger charge is -2.43. The van der Waals surface area contributed by atoms with Crippen molar-refractivity contribution >= 4 is 36.0 Å². The van der Waals surface area contributed by atoms with Crippen LogP contribution in [0.25, 0.3) is 0 Å². The standard InChI is InChI=1S/C22H24ClNOSi/c1-22(2,3)26(18-10-6-4-7-11-18,19-12-8-5-9-13-19)25-21-16-17(23)14-15-20(21)24/h4-16H,24H2,1-3H3. The highest BCUT2D eigenvalue weighted by molar-refractivity contribution is 7.00. The summed E-state index contributed by atoms with van der Waals surface area (Å²) in [6.45, 7) is 6.71. The van der Waals surface area contributed by atoms with Crippen LogP contribution in [-0.4, -0.2) is 8.32 Å². The molecule has 3 aromatic carbocycles. The summed E-state index contributed by atoms with van der Waals surface area (Å²) in [7, 11) is -2.68. The summed E-state index contributed by atoms with van der Waals surface area (Å²) in [5.41, 5.74) is 6.83. The summed E-state index contributed by atoms with van der Waals surface area (Å²) in [5, 5.41) is 2.91. The van der Waals surface area contributed by atoms with E-state index in [-0.39, 0.29) is 5.04 Å². The highest BCUT2D eigenvalue weighted by Gasteiger charge is 2.52. The lowest BCUT2D eigenvalue weighted by Crippen LogP contribution is -2.68. The van der Waals surface area contributed by atoms with Gasteiger partial charge in [-0.15, -0.1) is 0 Å². The number of nitrogen functional groups attached to an aromatic ring is 1. The zero-order valence-electron chi connectivity index (χ0n) is 15.4. The number of nitrogens with two attached hydrogens (primary N) is 1. The molecule has 0 atom stereocenters. The van der Waals surface area contributed by atoms with Gasteiger partial charge in [-0.3, -0.25) is 0 Å². The second kappa shape index (κ2) is 7.18. The Kier molecular flexibility index (Phi) is 5.12. The first-order valence-corrected chi connectivity index (χ1v) is 11.0. The van der Waals surface area contributed by atoms with Crippen molar-refractivity contribution in [2.45, 2.75) is 25.8 Å². The third-order valence-electron chi connectivity index (χ3n) is 4.66. The highest BCUT2D eigenvalue weighted by atomic mass is 35.5. The SMILES string of the molecule is CC(C)(C)[Si](Oc1cc(Cl)ccc1N)(c1ccccc1)c1ccccc1. The average molecular weight is 382 g/mol. The van der Waals surface area contributed by atoms with Crippen LogP contribution >= 0.6 is 11.6 Å². The summed E-state index contributed by atoms with van der Waals surface area (Å²) in [6, 6.07) is 26.4. The minimum atomic E-state index is -2.68. The fourth-order valence-electron chi connectivity index (χ4n) is 3.41. The van der Waals surface area contributed by atoms with E-state index in [1.54, 1.807) is 12.1 Å².